The van der Waals surface area contributed by atoms with E-state index in [2.05, 4.69) is 46.5 Å². The van der Waals surface area contributed by atoms with E-state index < -0.39 is 0 Å². The third-order valence-corrected chi connectivity index (χ3v) is 4.18. The number of fused-ring (bicyclic) bond motifs is 1. The summed E-state index contributed by atoms with van der Waals surface area (Å²) in [6.45, 7) is 4.48. The minimum absolute atomic E-state index is 0.516. The Morgan fingerprint density at radius 1 is 1.37 bits per heavy atom. The Bertz CT molecular complexity index is 550. The molecule has 2 rings (SSSR count). The number of alkyl halides is 1. The van der Waals surface area contributed by atoms with Crippen molar-refractivity contribution in [3.8, 4) is 0 Å². The largest absolute Gasteiger partial charge is 0.325 e. The van der Waals surface area contributed by atoms with E-state index in [0.717, 1.165) is 28.7 Å². The van der Waals surface area contributed by atoms with Crippen molar-refractivity contribution in [2.75, 3.05) is 5.88 Å². The van der Waals surface area contributed by atoms with Crippen molar-refractivity contribution in [3.63, 3.8) is 0 Å². The molecule has 0 spiro atoms. The molecule has 0 saturated carbocycles. The van der Waals surface area contributed by atoms with Gasteiger partial charge >= 0.3 is 0 Å². The van der Waals surface area contributed by atoms with Crippen LogP contribution in [0.1, 0.15) is 45.0 Å². The molecule has 0 aliphatic rings. The second kappa shape index (κ2) is 6.76. The van der Waals surface area contributed by atoms with Crippen LogP contribution in [-0.4, -0.2) is 15.4 Å². The number of nitrogens with zero attached hydrogens (tertiary/aromatic N) is 2. The Morgan fingerprint density at radius 3 is 2.79 bits per heavy atom. The SMILES string of the molecule is CCCC(CC)n1c(CCCl)nc2ccc(Br)cc21. The molecule has 0 fully saturated rings. The van der Waals surface area contributed by atoms with E-state index in [1.807, 2.05) is 6.07 Å². The van der Waals surface area contributed by atoms with Crippen LogP contribution in [0.3, 0.4) is 0 Å². The fraction of sp³-hybridized carbons (Fsp3) is 0.533. The van der Waals surface area contributed by atoms with Gasteiger partial charge in [0, 0.05) is 22.8 Å². The lowest BCUT2D eigenvalue weighted by Crippen LogP contribution is -2.12. The standard InChI is InChI=1S/C15H20BrClN2/c1-3-5-12(4-2)19-14-10-11(16)6-7-13(14)18-15(19)8-9-17/h6-7,10,12H,3-5,8-9H2,1-2H3. The van der Waals surface area contributed by atoms with Gasteiger partial charge in [0.25, 0.3) is 0 Å². The van der Waals surface area contributed by atoms with Crippen LogP contribution in [0.5, 0.6) is 0 Å². The molecule has 1 heterocycles. The molecule has 2 nitrogen and oxygen atoms in total. The van der Waals surface area contributed by atoms with Crippen molar-refractivity contribution in [1.82, 2.24) is 9.55 Å². The lowest BCUT2D eigenvalue weighted by molar-refractivity contribution is 0.445. The molecule has 1 unspecified atom stereocenters. The van der Waals surface area contributed by atoms with Crippen LogP contribution in [0.25, 0.3) is 11.0 Å². The molecule has 0 aliphatic carbocycles. The van der Waals surface area contributed by atoms with Crippen LogP contribution >= 0.6 is 27.5 Å². The first-order valence-electron chi connectivity index (χ1n) is 6.93. The highest BCUT2D eigenvalue weighted by Crippen LogP contribution is 2.28. The number of hydrogen-bond donors (Lipinski definition) is 0. The van der Waals surface area contributed by atoms with Crippen LogP contribution < -0.4 is 0 Å². The van der Waals surface area contributed by atoms with E-state index in [1.165, 1.54) is 18.4 Å². The molecule has 0 aliphatic heterocycles. The van der Waals surface area contributed by atoms with Gasteiger partial charge in [-0.3, -0.25) is 0 Å². The number of hydrogen-bond acceptors (Lipinski definition) is 1. The Balaban J connectivity index is 2.58. The van der Waals surface area contributed by atoms with E-state index in [-0.39, 0.29) is 0 Å². The monoisotopic (exact) mass is 342 g/mol. The molecule has 0 amide bonds. The summed E-state index contributed by atoms with van der Waals surface area (Å²) < 4.78 is 3.50. The van der Waals surface area contributed by atoms with Crippen molar-refractivity contribution in [3.05, 3.63) is 28.5 Å². The molecule has 2 aromatic rings. The Hall–Kier alpha value is -0.540. The molecule has 1 aromatic carbocycles. The molecule has 0 N–H and O–H groups in total. The Kier molecular flexibility index (Phi) is 5.28. The highest BCUT2D eigenvalue weighted by Gasteiger charge is 2.17. The Labute approximate surface area is 128 Å². The minimum atomic E-state index is 0.516. The average Bonchev–Trinajstić information content (AvgIpc) is 2.74. The number of rotatable bonds is 6. The molecule has 4 heteroatoms. The van der Waals surface area contributed by atoms with Crippen LogP contribution in [-0.2, 0) is 6.42 Å². The van der Waals surface area contributed by atoms with E-state index in [9.17, 15) is 0 Å². The first kappa shape index (κ1) is 14.9. The molecule has 0 radical (unpaired) electrons. The van der Waals surface area contributed by atoms with Gasteiger partial charge < -0.3 is 4.57 Å². The normalized spacial score (nSPS) is 13.1. The van der Waals surface area contributed by atoms with E-state index >= 15 is 0 Å². The summed E-state index contributed by atoms with van der Waals surface area (Å²) in [7, 11) is 0. The van der Waals surface area contributed by atoms with Crippen molar-refractivity contribution in [2.24, 2.45) is 0 Å². The lowest BCUT2D eigenvalue weighted by atomic mass is 10.1. The predicted molar refractivity (Wildman–Crippen MR) is 86.1 cm³/mol. The third kappa shape index (κ3) is 3.14. The maximum Gasteiger partial charge on any atom is 0.111 e. The number of aromatic nitrogens is 2. The van der Waals surface area contributed by atoms with Gasteiger partial charge in [0.2, 0.25) is 0 Å². The number of aryl methyl sites for hydroxylation is 1. The molecule has 0 bridgehead atoms. The highest BCUT2D eigenvalue weighted by molar-refractivity contribution is 9.10. The van der Waals surface area contributed by atoms with Gasteiger partial charge in [-0.15, -0.1) is 11.6 Å². The van der Waals surface area contributed by atoms with Crippen LogP contribution in [0.2, 0.25) is 0 Å². The molecule has 1 atom stereocenters. The molecular weight excluding hydrogens is 324 g/mol. The van der Waals surface area contributed by atoms with Crippen LogP contribution in [0.15, 0.2) is 22.7 Å². The summed E-state index contributed by atoms with van der Waals surface area (Å²) in [5.74, 6) is 1.73. The van der Waals surface area contributed by atoms with Crippen LogP contribution in [0, 0.1) is 0 Å². The van der Waals surface area contributed by atoms with Gasteiger partial charge in [-0.1, -0.05) is 36.2 Å². The molecule has 1 aromatic heterocycles. The fourth-order valence-electron chi connectivity index (χ4n) is 2.63. The zero-order chi connectivity index (χ0) is 13.8. The zero-order valence-corrected chi connectivity index (χ0v) is 13.8. The third-order valence-electron chi connectivity index (χ3n) is 3.50. The number of imidazole rings is 1. The van der Waals surface area contributed by atoms with Crippen molar-refractivity contribution >= 4 is 38.6 Å². The van der Waals surface area contributed by atoms with E-state index in [4.69, 9.17) is 16.6 Å². The summed E-state index contributed by atoms with van der Waals surface area (Å²) in [5.41, 5.74) is 2.28. The van der Waals surface area contributed by atoms with Gasteiger partial charge in [-0.2, -0.15) is 0 Å². The predicted octanol–water partition coefficient (Wildman–Crippen LogP) is 5.33. The van der Waals surface area contributed by atoms with E-state index in [0.29, 0.717) is 11.9 Å². The second-order valence-electron chi connectivity index (χ2n) is 4.82. The molecular formula is C15H20BrClN2. The first-order valence-corrected chi connectivity index (χ1v) is 8.26. The second-order valence-corrected chi connectivity index (χ2v) is 6.11. The smallest absolute Gasteiger partial charge is 0.111 e. The van der Waals surface area contributed by atoms with Gasteiger partial charge in [-0.25, -0.2) is 4.98 Å². The zero-order valence-electron chi connectivity index (χ0n) is 11.5. The van der Waals surface area contributed by atoms with Crippen molar-refractivity contribution in [1.29, 1.82) is 0 Å². The summed E-state index contributed by atoms with van der Waals surface area (Å²) in [6, 6.07) is 6.80. The quantitative estimate of drug-likeness (QED) is 0.648. The summed E-state index contributed by atoms with van der Waals surface area (Å²) in [4.78, 5) is 4.75. The average molecular weight is 344 g/mol. The highest BCUT2D eigenvalue weighted by atomic mass is 79.9. The maximum atomic E-state index is 5.93. The number of benzene rings is 1. The minimum Gasteiger partial charge on any atom is -0.325 e. The fourth-order valence-corrected chi connectivity index (χ4v) is 3.15. The maximum absolute atomic E-state index is 5.93. The lowest BCUT2D eigenvalue weighted by Gasteiger charge is -2.19. The van der Waals surface area contributed by atoms with Gasteiger partial charge in [0.1, 0.15) is 5.82 Å². The summed E-state index contributed by atoms with van der Waals surface area (Å²) in [5, 5.41) is 0. The van der Waals surface area contributed by atoms with Gasteiger partial charge in [-0.05, 0) is 31.0 Å². The Morgan fingerprint density at radius 2 is 2.16 bits per heavy atom. The topological polar surface area (TPSA) is 17.8 Å². The van der Waals surface area contributed by atoms with E-state index in [1.54, 1.807) is 0 Å². The van der Waals surface area contributed by atoms with Gasteiger partial charge in [0.05, 0.1) is 11.0 Å². The molecule has 0 saturated heterocycles. The first-order chi connectivity index (χ1) is 9.21. The molecule has 104 valence electrons. The van der Waals surface area contributed by atoms with Gasteiger partial charge in [0.15, 0.2) is 0 Å². The summed E-state index contributed by atoms with van der Waals surface area (Å²) >= 11 is 9.49. The number of halogens is 2. The summed E-state index contributed by atoms with van der Waals surface area (Å²) in [6.07, 6.45) is 4.32. The van der Waals surface area contributed by atoms with Crippen molar-refractivity contribution in [2.45, 2.75) is 45.6 Å². The molecule has 19 heavy (non-hydrogen) atoms. The van der Waals surface area contributed by atoms with Crippen LogP contribution in [0.4, 0.5) is 0 Å². The van der Waals surface area contributed by atoms with Crippen molar-refractivity contribution < 1.29 is 0 Å².